The van der Waals surface area contributed by atoms with Gasteiger partial charge in [-0.05, 0) is 23.8 Å². The van der Waals surface area contributed by atoms with Crippen LogP contribution in [0.25, 0.3) is 0 Å². The molecule has 1 heterocycles. The molecule has 0 aromatic heterocycles. The summed E-state index contributed by atoms with van der Waals surface area (Å²) >= 11 is 0. The number of nitro benzene ring substituents is 1. The smallest absolute Gasteiger partial charge is 0.302 e. The molecule has 3 atom stereocenters. The van der Waals surface area contributed by atoms with Gasteiger partial charge in [0, 0.05) is 30.2 Å². The molecular weight excluding hydrogens is 368 g/mol. The van der Waals surface area contributed by atoms with E-state index >= 15 is 0 Å². The van der Waals surface area contributed by atoms with Gasteiger partial charge in [0.15, 0.2) is 6.23 Å². The Morgan fingerprint density at radius 2 is 1.89 bits per heavy atom. The van der Waals surface area contributed by atoms with Gasteiger partial charge in [-0.15, -0.1) is 0 Å². The summed E-state index contributed by atoms with van der Waals surface area (Å²) in [5.74, 6) is -1.12. The topological polar surface area (TPSA) is 130 Å². The monoisotopic (exact) mass is 386 g/mol. The Labute approximate surface area is 159 Å². The number of carbonyl (C=O) groups excluding carboxylic acids is 2. The minimum absolute atomic E-state index is 0.155. The predicted molar refractivity (Wildman–Crippen MR) is 96.0 cm³/mol. The van der Waals surface area contributed by atoms with E-state index in [0.29, 0.717) is 11.1 Å². The van der Waals surface area contributed by atoms with E-state index in [4.69, 9.17) is 4.74 Å². The highest BCUT2D eigenvalue weighted by atomic mass is 16.6. The Morgan fingerprint density at radius 3 is 2.46 bits per heavy atom. The highest BCUT2D eigenvalue weighted by Crippen LogP contribution is 2.36. The third kappa shape index (κ3) is 3.57. The summed E-state index contributed by atoms with van der Waals surface area (Å²) < 4.78 is 5.00. The summed E-state index contributed by atoms with van der Waals surface area (Å²) in [7, 11) is 0. The van der Waals surface area contributed by atoms with Crippen molar-refractivity contribution < 1.29 is 29.5 Å². The summed E-state index contributed by atoms with van der Waals surface area (Å²) in [6.07, 6.45) is -2.68. The lowest BCUT2D eigenvalue weighted by Crippen LogP contribution is -2.45. The van der Waals surface area contributed by atoms with Crippen molar-refractivity contribution in [3.8, 4) is 0 Å². The SMILES string of the molecule is CC(=O)OCC(C(O)c1ccc([N+](=O)[O-])cc1)N1C(=O)c2ccccc2C1O. The van der Waals surface area contributed by atoms with Crippen LogP contribution in [0.15, 0.2) is 48.5 Å². The fourth-order valence-electron chi connectivity index (χ4n) is 3.19. The zero-order valence-corrected chi connectivity index (χ0v) is 14.9. The predicted octanol–water partition coefficient (Wildman–Crippen LogP) is 1.71. The van der Waals surface area contributed by atoms with Gasteiger partial charge < -0.3 is 14.9 Å². The Morgan fingerprint density at radius 1 is 1.25 bits per heavy atom. The van der Waals surface area contributed by atoms with Gasteiger partial charge in [0.05, 0.1) is 11.0 Å². The third-order valence-electron chi connectivity index (χ3n) is 4.59. The van der Waals surface area contributed by atoms with Crippen molar-refractivity contribution in [1.82, 2.24) is 4.90 Å². The molecule has 28 heavy (non-hydrogen) atoms. The van der Waals surface area contributed by atoms with Gasteiger partial charge in [-0.25, -0.2) is 0 Å². The number of fused-ring (bicyclic) bond motifs is 1. The normalized spacial score (nSPS) is 17.8. The number of nitro groups is 1. The van der Waals surface area contributed by atoms with E-state index in [2.05, 4.69) is 0 Å². The minimum atomic E-state index is -1.35. The lowest BCUT2D eigenvalue weighted by molar-refractivity contribution is -0.384. The van der Waals surface area contributed by atoms with Crippen molar-refractivity contribution in [1.29, 1.82) is 0 Å². The summed E-state index contributed by atoms with van der Waals surface area (Å²) in [5, 5.41) is 32.3. The molecule has 1 aliphatic heterocycles. The van der Waals surface area contributed by atoms with Crippen LogP contribution in [0.1, 0.15) is 40.7 Å². The summed E-state index contributed by atoms with van der Waals surface area (Å²) in [5.41, 5.74) is 0.797. The Balaban J connectivity index is 1.94. The molecule has 2 aromatic carbocycles. The van der Waals surface area contributed by atoms with Crippen LogP contribution in [-0.4, -0.2) is 44.6 Å². The lowest BCUT2D eigenvalue weighted by Gasteiger charge is -2.33. The van der Waals surface area contributed by atoms with Crippen LogP contribution in [0.5, 0.6) is 0 Å². The van der Waals surface area contributed by atoms with Crippen molar-refractivity contribution in [2.45, 2.75) is 25.3 Å². The average molecular weight is 386 g/mol. The van der Waals surface area contributed by atoms with Gasteiger partial charge in [0.2, 0.25) is 0 Å². The van der Waals surface area contributed by atoms with Crippen LogP contribution in [0, 0.1) is 10.1 Å². The van der Waals surface area contributed by atoms with Crippen LogP contribution in [-0.2, 0) is 9.53 Å². The van der Waals surface area contributed by atoms with Gasteiger partial charge >= 0.3 is 5.97 Å². The van der Waals surface area contributed by atoms with Crippen molar-refractivity contribution in [2.75, 3.05) is 6.61 Å². The third-order valence-corrected chi connectivity index (χ3v) is 4.59. The van der Waals surface area contributed by atoms with E-state index in [1.165, 1.54) is 31.2 Å². The van der Waals surface area contributed by atoms with Crippen molar-refractivity contribution in [2.24, 2.45) is 0 Å². The zero-order valence-electron chi connectivity index (χ0n) is 14.9. The van der Waals surface area contributed by atoms with E-state index in [1.807, 2.05) is 0 Å². The number of amides is 1. The van der Waals surface area contributed by atoms with Gasteiger partial charge in [-0.2, -0.15) is 0 Å². The number of non-ortho nitro benzene ring substituents is 1. The molecule has 3 rings (SSSR count). The maximum absolute atomic E-state index is 12.8. The number of nitrogens with zero attached hydrogens (tertiary/aromatic N) is 2. The molecule has 1 aliphatic rings. The Bertz CT molecular complexity index is 913. The molecule has 2 aromatic rings. The highest BCUT2D eigenvalue weighted by molar-refractivity contribution is 5.99. The summed E-state index contributed by atoms with van der Waals surface area (Å²) in [6.45, 7) is 0.830. The molecule has 0 bridgehead atoms. The number of ether oxygens (including phenoxy) is 1. The van der Waals surface area contributed by atoms with E-state index in [1.54, 1.807) is 24.3 Å². The van der Waals surface area contributed by atoms with E-state index in [9.17, 15) is 29.9 Å². The van der Waals surface area contributed by atoms with Gasteiger partial charge in [0.1, 0.15) is 12.7 Å². The number of aliphatic hydroxyl groups is 2. The molecule has 0 saturated carbocycles. The van der Waals surface area contributed by atoms with Crippen molar-refractivity contribution in [3.05, 3.63) is 75.3 Å². The number of benzene rings is 2. The van der Waals surface area contributed by atoms with Crippen LogP contribution in [0.2, 0.25) is 0 Å². The number of carbonyl (C=O) groups is 2. The second-order valence-corrected chi connectivity index (χ2v) is 6.34. The number of esters is 1. The van der Waals surface area contributed by atoms with Crippen molar-refractivity contribution >= 4 is 17.6 Å². The molecular formula is C19H18N2O7. The molecule has 0 spiro atoms. The zero-order chi connectivity index (χ0) is 20.4. The first kappa shape index (κ1) is 19.5. The number of hydrogen-bond donors (Lipinski definition) is 2. The minimum Gasteiger partial charge on any atom is -0.464 e. The van der Waals surface area contributed by atoms with Gasteiger partial charge in [-0.1, -0.05) is 18.2 Å². The summed E-state index contributed by atoms with van der Waals surface area (Å²) in [4.78, 5) is 35.4. The molecule has 0 saturated heterocycles. The lowest BCUT2D eigenvalue weighted by atomic mass is 10.0. The average Bonchev–Trinajstić information content (AvgIpc) is 2.93. The van der Waals surface area contributed by atoms with Crippen molar-refractivity contribution in [3.63, 3.8) is 0 Å². The largest absolute Gasteiger partial charge is 0.464 e. The molecule has 0 aliphatic carbocycles. The Kier molecular flexibility index (Phi) is 5.39. The van der Waals surface area contributed by atoms with E-state index < -0.39 is 35.2 Å². The first-order valence-corrected chi connectivity index (χ1v) is 8.46. The molecule has 2 N–H and O–H groups in total. The standard InChI is InChI=1S/C19H18N2O7/c1-11(22)28-10-16(17(23)12-6-8-13(9-7-12)21(26)27)20-18(24)14-4-2-3-5-15(14)19(20)25/h2-9,16-18,23-24H,10H2,1H3. The van der Waals surface area contributed by atoms with Crippen LogP contribution >= 0.6 is 0 Å². The number of aliphatic hydroxyl groups excluding tert-OH is 2. The maximum atomic E-state index is 12.8. The first-order valence-electron chi connectivity index (χ1n) is 8.46. The molecule has 0 fully saturated rings. The fraction of sp³-hybridized carbons (Fsp3) is 0.263. The Hall–Kier alpha value is -3.30. The molecule has 9 nitrogen and oxygen atoms in total. The van der Waals surface area contributed by atoms with Gasteiger partial charge in [-0.3, -0.25) is 24.6 Å². The second kappa shape index (κ2) is 7.75. The van der Waals surface area contributed by atoms with Gasteiger partial charge in [0.25, 0.3) is 11.6 Å². The van der Waals surface area contributed by atoms with Crippen LogP contribution in [0.3, 0.4) is 0 Å². The van der Waals surface area contributed by atoms with Crippen LogP contribution < -0.4 is 0 Å². The molecule has 1 amide bonds. The maximum Gasteiger partial charge on any atom is 0.302 e. The quantitative estimate of drug-likeness (QED) is 0.439. The second-order valence-electron chi connectivity index (χ2n) is 6.34. The first-order chi connectivity index (χ1) is 13.3. The molecule has 0 radical (unpaired) electrons. The number of hydrogen-bond acceptors (Lipinski definition) is 7. The van der Waals surface area contributed by atoms with E-state index in [0.717, 1.165) is 4.90 Å². The fourth-order valence-corrected chi connectivity index (χ4v) is 3.19. The molecule has 9 heteroatoms. The highest BCUT2D eigenvalue weighted by Gasteiger charge is 2.43. The van der Waals surface area contributed by atoms with E-state index in [-0.39, 0.29) is 17.9 Å². The molecule has 146 valence electrons. The summed E-state index contributed by atoms with van der Waals surface area (Å²) in [6, 6.07) is 10.5. The molecule has 3 unspecified atom stereocenters. The van der Waals surface area contributed by atoms with Crippen LogP contribution in [0.4, 0.5) is 5.69 Å². The number of rotatable bonds is 6.